The van der Waals surface area contributed by atoms with Crippen molar-refractivity contribution in [1.29, 1.82) is 0 Å². The maximum Gasteiger partial charge on any atom is 0.338 e. The number of fused-ring (bicyclic) bond motifs is 1. The van der Waals surface area contributed by atoms with Gasteiger partial charge in [-0.1, -0.05) is 35.9 Å². The molecule has 0 radical (unpaired) electrons. The van der Waals surface area contributed by atoms with E-state index in [2.05, 4.69) is 5.32 Å². The van der Waals surface area contributed by atoms with Crippen molar-refractivity contribution < 1.29 is 28.7 Å². The number of anilines is 2. The molecule has 4 rings (SSSR count). The van der Waals surface area contributed by atoms with Crippen LogP contribution in [-0.4, -0.2) is 35.6 Å². The van der Waals surface area contributed by atoms with Gasteiger partial charge in [0.05, 0.1) is 33.1 Å². The van der Waals surface area contributed by atoms with Crippen molar-refractivity contribution in [3.8, 4) is 0 Å². The van der Waals surface area contributed by atoms with Crippen molar-refractivity contribution >= 4 is 52.4 Å². The molecule has 0 spiro atoms. The van der Waals surface area contributed by atoms with Gasteiger partial charge in [0, 0.05) is 5.56 Å². The standard InChI is InChI=1S/C26H19ClN2O6/c1-14(30)17-7-3-5-9-21(17)28-23(31)15(2)35-26(34)16-11-12-18-19(13-16)25(33)29(24(18)32)22-10-6-4-8-20(22)27/h3-13,15H,1-2H3,(H,28,31). The van der Waals surface area contributed by atoms with Gasteiger partial charge in [-0.15, -0.1) is 0 Å². The molecule has 9 heteroatoms. The number of para-hydroxylation sites is 2. The monoisotopic (exact) mass is 490 g/mol. The number of Topliss-reactive ketones (excluding diaryl/α,β-unsaturated/α-hetero) is 1. The fraction of sp³-hybridized carbons (Fsp3) is 0.115. The van der Waals surface area contributed by atoms with Gasteiger partial charge in [-0.05, 0) is 56.3 Å². The van der Waals surface area contributed by atoms with Gasteiger partial charge in [-0.25, -0.2) is 9.69 Å². The molecular formula is C26H19ClN2O6. The summed E-state index contributed by atoms with van der Waals surface area (Å²) in [7, 11) is 0. The molecule has 0 aliphatic carbocycles. The van der Waals surface area contributed by atoms with E-state index < -0.39 is 29.8 Å². The molecule has 1 aliphatic heterocycles. The SMILES string of the molecule is CC(=O)c1ccccc1NC(=O)C(C)OC(=O)c1ccc2c(c1)C(=O)N(c1ccccc1Cl)C2=O. The summed E-state index contributed by atoms with van der Waals surface area (Å²) in [6.07, 6.45) is -1.20. The highest BCUT2D eigenvalue weighted by Gasteiger charge is 2.38. The molecule has 3 aromatic carbocycles. The van der Waals surface area contributed by atoms with Crippen molar-refractivity contribution in [3.05, 3.63) is 94.0 Å². The Bertz CT molecular complexity index is 1400. The minimum absolute atomic E-state index is 0.00491. The molecule has 176 valence electrons. The summed E-state index contributed by atoms with van der Waals surface area (Å²) < 4.78 is 5.26. The molecule has 35 heavy (non-hydrogen) atoms. The first-order chi connectivity index (χ1) is 16.7. The molecule has 0 fully saturated rings. The van der Waals surface area contributed by atoms with Crippen LogP contribution in [0.25, 0.3) is 0 Å². The summed E-state index contributed by atoms with van der Waals surface area (Å²) in [5.74, 6) is -2.90. The zero-order valence-corrected chi connectivity index (χ0v) is 19.5. The second kappa shape index (κ2) is 9.52. The van der Waals surface area contributed by atoms with Crippen LogP contribution in [0.3, 0.4) is 0 Å². The van der Waals surface area contributed by atoms with E-state index in [0.717, 1.165) is 4.90 Å². The predicted molar refractivity (Wildman–Crippen MR) is 129 cm³/mol. The maximum atomic E-state index is 13.0. The molecule has 0 saturated heterocycles. The zero-order chi connectivity index (χ0) is 25.3. The van der Waals surface area contributed by atoms with E-state index in [4.69, 9.17) is 16.3 Å². The number of carbonyl (C=O) groups excluding carboxylic acids is 5. The molecule has 8 nitrogen and oxygen atoms in total. The number of hydrogen-bond acceptors (Lipinski definition) is 6. The van der Waals surface area contributed by atoms with E-state index in [1.807, 2.05) is 0 Å². The van der Waals surface area contributed by atoms with Crippen LogP contribution in [0, 0.1) is 0 Å². The van der Waals surface area contributed by atoms with Crippen LogP contribution in [0.15, 0.2) is 66.7 Å². The first-order valence-electron chi connectivity index (χ1n) is 10.6. The second-order valence-electron chi connectivity index (χ2n) is 7.80. The van der Waals surface area contributed by atoms with Gasteiger partial charge in [0.1, 0.15) is 0 Å². The van der Waals surface area contributed by atoms with Gasteiger partial charge < -0.3 is 10.1 Å². The van der Waals surface area contributed by atoms with Crippen molar-refractivity contribution in [3.63, 3.8) is 0 Å². The van der Waals surface area contributed by atoms with Gasteiger partial charge >= 0.3 is 5.97 Å². The number of amides is 3. The molecule has 3 aromatic rings. The van der Waals surface area contributed by atoms with Crippen LogP contribution in [0.1, 0.15) is 55.3 Å². The molecule has 1 aliphatic rings. The number of nitrogens with one attached hydrogen (secondary N) is 1. The van der Waals surface area contributed by atoms with Crippen molar-refractivity contribution in [2.24, 2.45) is 0 Å². The van der Waals surface area contributed by atoms with E-state index in [1.54, 1.807) is 48.5 Å². The fourth-order valence-corrected chi connectivity index (χ4v) is 3.86. The van der Waals surface area contributed by atoms with E-state index in [1.165, 1.54) is 32.0 Å². The minimum atomic E-state index is -1.20. The highest BCUT2D eigenvalue weighted by Crippen LogP contribution is 2.33. The first kappa shape index (κ1) is 23.8. The van der Waals surface area contributed by atoms with Crippen LogP contribution >= 0.6 is 11.6 Å². The quantitative estimate of drug-likeness (QED) is 0.309. The van der Waals surface area contributed by atoms with Crippen LogP contribution in [0.5, 0.6) is 0 Å². The predicted octanol–water partition coefficient (Wildman–Crippen LogP) is 4.53. The van der Waals surface area contributed by atoms with E-state index in [0.29, 0.717) is 11.3 Å². The van der Waals surface area contributed by atoms with Crippen LogP contribution in [0.2, 0.25) is 5.02 Å². The smallest absolute Gasteiger partial charge is 0.338 e. The number of imide groups is 1. The summed E-state index contributed by atoms with van der Waals surface area (Å²) in [6.45, 7) is 2.76. The Morgan fingerprint density at radius 2 is 1.57 bits per heavy atom. The van der Waals surface area contributed by atoms with Gasteiger partial charge in [0.25, 0.3) is 17.7 Å². The summed E-state index contributed by atoms with van der Waals surface area (Å²) in [5.41, 5.74) is 1.00. The lowest BCUT2D eigenvalue weighted by molar-refractivity contribution is -0.123. The normalized spacial score (nSPS) is 13.3. The van der Waals surface area contributed by atoms with E-state index in [9.17, 15) is 24.0 Å². The summed E-state index contributed by atoms with van der Waals surface area (Å²) in [4.78, 5) is 63.7. The number of rotatable bonds is 6. The Morgan fingerprint density at radius 1 is 0.914 bits per heavy atom. The van der Waals surface area contributed by atoms with E-state index >= 15 is 0 Å². The summed E-state index contributed by atoms with van der Waals surface area (Å²) in [5, 5.41) is 2.81. The number of ketones is 1. The molecule has 1 N–H and O–H groups in total. The first-order valence-corrected chi connectivity index (χ1v) is 11.0. The number of benzene rings is 3. The Labute approximate surface area is 205 Å². The number of carbonyl (C=O) groups is 5. The average Bonchev–Trinajstić information content (AvgIpc) is 3.08. The van der Waals surface area contributed by atoms with Gasteiger partial charge in [0.15, 0.2) is 11.9 Å². The summed E-state index contributed by atoms with van der Waals surface area (Å²) in [6, 6.07) is 16.9. The van der Waals surface area contributed by atoms with Crippen molar-refractivity contribution in [2.75, 3.05) is 10.2 Å². The third-order valence-corrected chi connectivity index (χ3v) is 5.75. The lowest BCUT2D eigenvalue weighted by Gasteiger charge is -2.15. The Morgan fingerprint density at radius 3 is 2.29 bits per heavy atom. The highest BCUT2D eigenvalue weighted by atomic mass is 35.5. The number of ether oxygens (including phenoxy) is 1. The lowest BCUT2D eigenvalue weighted by Crippen LogP contribution is -2.30. The highest BCUT2D eigenvalue weighted by molar-refractivity contribution is 6.39. The van der Waals surface area contributed by atoms with Gasteiger partial charge in [-0.3, -0.25) is 19.2 Å². The molecule has 0 bridgehead atoms. The molecule has 3 amide bonds. The molecule has 1 heterocycles. The Hall–Kier alpha value is -4.30. The number of hydrogen-bond donors (Lipinski definition) is 1. The Kier molecular flexibility index (Phi) is 6.48. The van der Waals surface area contributed by atoms with Crippen LogP contribution < -0.4 is 10.2 Å². The topological polar surface area (TPSA) is 110 Å². The molecular weight excluding hydrogens is 472 g/mol. The molecule has 0 saturated carbocycles. The minimum Gasteiger partial charge on any atom is -0.449 e. The second-order valence-corrected chi connectivity index (χ2v) is 8.20. The molecule has 1 unspecified atom stereocenters. The number of nitrogens with zero attached hydrogens (tertiary/aromatic N) is 1. The fourth-order valence-electron chi connectivity index (χ4n) is 3.64. The summed E-state index contributed by atoms with van der Waals surface area (Å²) >= 11 is 6.15. The van der Waals surface area contributed by atoms with Crippen molar-refractivity contribution in [2.45, 2.75) is 20.0 Å². The number of halogens is 1. The zero-order valence-electron chi connectivity index (χ0n) is 18.7. The largest absolute Gasteiger partial charge is 0.449 e. The third kappa shape index (κ3) is 4.56. The van der Waals surface area contributed by atoms with Crippen LogP contribution in [-0.2, 0) is 9.53 Å². The van der Waals surface area contributed by atoms with Crippen molar-refractivity contribution in [1.82, 2.24) is 0 Å². The average molecular weight is 491 g/mol. The third-order valence-electron chi connectivity index (χ3n) is 5.43. The molecule has 0 aromatic heterocycles. The van der Waals surface area contributed by atoms with E-state index in [-0.39, 0.29) is 33.2 Å². The molecule has 1 atom stereocenters. The van der Waals surface area contributed by atoms with Gasteiger partial charge in [0.2, 0.25) is 0 Å². The van der Waals surface area contributed by atoms with Gasteiger partial charge in [-0.2, -0.15) is 0 Å². The lowest BCUT2D eigenvalue weighted by atomic mass is 10.1. The maximum absolute atomic E-state index is 13.0. The Balaban J connectivity index is 1.50. The van der Waals surface area contributed by atoms with Crippen LogP contribution in [0.4, 0.5) is 11.4 Å². The number of esters is 1.